The van der Waals surface area contributed by atoms with Crippen molar-refractivity contribution in [2.24, 2.45) is 0 Å². The topological polar surface area (TPSA) is 41.1 Å². The summed E-state index contributed by atoms with van der Waals surface area (Å²) in [6.07, 6.45) is 4.64. The van der Waals surface area contributed by atoms with Crippen LogP contribution in [0.25, 0.3) is 0 Å². The lowest BCUT2D eigenvalue weighted by Crippen LogP contribution is -2.48. The molecule has 2 saturated heterocycles. The van der Waals surface area contributed by atoms with Gasteiger partial charge in [0, 0.05) is 28.2 Å². The average molecular weight is 323 g/mol. The van der Waals surface area contributed by atoms with Gasteiger partial charge in [0.15, 0.2) is 0 Å². The highest BCUT2D eigenvalue weighted by atomic mass is 79.9. The molecule has 19 heavy (non-hydrogen) atoms. The summed E-state index contributed by atoms with van der Waals surface area (Å²) >= 11 is 3.43. The summed E-state index contributed by atoms with van der Waals surface area (Å²) < 4.78 is 0.952. The molecule has 0 saturated carbocycles. The summed E-state index contributed by atoms with van der Waals surface area (Å²) in [5, 5.41) is 6.80. The number of halogens is 1. The Bertz CT molecular complexity index is 491. The second-order valence-corrected chi connectivity index (χ2v) is 6.65. The highest BCUT2D eigenvalue weighted by molar-refractivity contribution is 9.10. The van der Waals surface area contributed by atoms with Crippen molar-refractivity contribution >= 4 is 21.8 Å². The molecule has 2 fully saturated rings. The van der Waals surface area contributed by atoms with Crippen molar-refractivity contribution in [3.05, 3.63) is 33.8 Å². The van der Waals surface area contributed by atoms with Crippen molar-refractivity contribution in [2.45, 2.75) is 50.7 Å². The zero-order chi connectivity index (χ0) is 13.4. The zero-order valence-corrected chi connectivity index (χ0v) is 12.7. The highest BCUT2D eigenvalue weighted by Crippen LogP contribution is 2.27. The summed E-state index contributed by atoms with van der Waals surface area (Å²) in [6.45, 7) is 1.98. The molecule has 3 rings (SSSR count). The van der Waals surface area contributed by atoms with Crippen LogP contribution in [0.3, 0.4) is 0 Å². The Morgan fingerprint density at radius 1 is 1.32 bits per heavy atom. The van der Waals surface area contributed by atoms with Crippen LogP contribution < -0.4 is 10.6 Å². The van der Waals surface area contributed by atoms with Crippen LogP contribution in [0.2, 0.25) is 0 Å². The Labute approximate surface area is 122 Å². The molecule has 2 N–H and O–H groups in total. The quantitative estimate of drug-likeness (QED) is 0.879. The van der Waals surface area contributed by atoms with Crippen LogP contribution in [0, 0.1) is 6.92 Å². The Balaban J connectivity index is 1.69. The molecule has 1 aromatic carbocycles. The normalized spacial score (nSPS) is 29.3. The van der Waals surface area contributed by atoms with Gasteiger partial charge in [0.2, 0.25) is 0 Å². The van der Waals surface area contributed by atoms with E-state index < -0.39 is 0 Å². The van der Waals surface area contributed by atoms with Gasteiger partial charge in [-0.1, -0.05) is 22.0 Å². The first-order valence-electron chi connectivity index (χ1n) is 6.95. The van der Waals surface area contributed by atoms with Gasteiger partial charge in [0.05, 0.1) is 0 Å². The summed E-state index contributed by atoms with van der Waals surface area (Å²) in [6, 6.07) is 7.38. The SMILES string of the molecule is Cc1ccc(Br)cc1C(=O)NC1CC2CCC(C1)N2. The van der Waals surface area contributed by atoms with Crippen molar-refractivity contribution in [2.75, 3.05) is 0 Å². The number of fused-ring (bicyclic) bond motifs is 2. The molecule has 2 aliphatic rings. The van der Waals surface area contributed by atoms with E-state index >= 15 is 0 Å². The van der Waals surface area contributed by atoms with E-state index in [1.807, 2.05) is 25.1 Å². The van der Waals surface area contributed by atoms with Crippen LogP contribution in [0.5, 0.6) is 0 Å². The molecular formula is C15H19BrN2O. The summed E-state index contributed by atoms with van der Waals surface area (Å²) in [5.74, 6) is 0.0603. The minimum absolute atomic E-state index is 0.0603. The van der Waals surface area contributed by atoms with Gasteiger partial charge in [-0.2, -0.15) is 0 Å². The van der Waals surface area contributed by atoms with Crippen LogP contribution in [-0.4, -0.2) is 24.0 Å². The minimum atomic E-state index is 0.0603. The van der Waals surface area contributed by atoms with E-state index in [1.54, 1.807) is 0 Å². The number of benzene rings is 1. The number of amides is 1. The fraction of sp³-hybridized carbons (Fsp3) is 0.533. The Morgan fingerprint density at radius 2 is 2.00 bits per heavy atom. The summed E-state index contributed by atoms with van der Waals surface area (Å²) in [5.41, 5.74) is 1.80. The maximum absolute atomic E-state index is 12.4. The molecule has 2 aliphatic heterocycles. The number of nitrogens with one attached hydrogen (secondary N) is 2. The van der Waals surface area contributed by atoms with Crippen molar-refractivity contribution in [1.82, 2.24) is 10.6 Å². The number of hydrogen-bond donors (Lipinski definition) is 2. The molecule has 0 spiro atoms. The maximum Gasteiger partial charge on any atom is 0.251 e. The Hall–Kier alpha value is -0.870. The lowest BCUT2D eigenvalue weighted by atomic mass is 9.99. The van der Waals surface area contributed by atoms with Crippen LogP contribution in [0.4, 0.5) is 0 Å². The average Bonchev–Trinajstić information content (AvgIpc) is 2.71. The molecule has 0 radical (unpaired) electrons. The zero-order valence-electron chi connectivity index (χ0n) is 11.1. The number of carbonyl (C=O) groups is 1. The van der Waals surface area contributed by atoms with E-state index in [9.17, 15) is 4.79 Å². The van der Waals surface area contributed by atoms with Crippen molar-refractivity contribution in [3.63, 3.8) is 0 Å². The van der Waals surface area contributed by atoms with Crippen molar-refractivity contribution in [3.8, 4) is 0 Å². The van der Waals surface area contributed by atoms with Crippen LogP contribution >= 0.6 is 15.9 Å². The molecule has 2 heterocycles. The van der Waals surface area contributed by atoms with Gasteiger partial charge >= 0.3 is 0 Å². The fourth-order valence-corrected chi connectivity index (χ4v) is 3.64. The summed E-state index contributed by atoms with van der Waals surface area (Å²) in [4.78, 5) is 12.4. The first-order valence-corrected chi connectivity index (χ1v) is 7.74. The van der Waals surface area contributed by atoms with Gasteiger partial charge in [-0.3, -0.25) is 4.79 Å². The number of carbonyl (C=O) groups excluding carboxylic acids is 1. The molecular weight excluding hydrogens is 304 g/mol. The molecule has 0 aliphatic carbocycles. The third kappa shape index (κ3) is 2.84. The number of piperidine rings is 1. The van der Waals surface area contributed by atoms with E-state index in [-0.39, 0.29) is 5.91 Å². The second kappa shape index (κ2) is 5.25. The monoisotopic (exact) mass is 322 g/mol. The second-order valence-electron chi connectivity index (χ2n) is 5.74. The van der Waals surface area contributed by atoms with Crippen molar-refractivity contribution in [1.29, 1.82) is 0 Å². The van der Waals surface area contributed by atoms with Gasteiger partial charge in [-0.15, -0.1) is 0 Å². The predicted octanol–water partition coefficient (Wildman–Crippen LogP) is 2.77. The standard InChI is InChI=1S/C15H19BrN2O/c1-9-2-3-10(16)6-14(9)15(19)18-13-7-11-4-5-12(8-13)17-11/h2-3,6,11-13,17H,4-5,7-8H2,1H3,(H,18,19). The third-order valence-electron chi connectivity index (χ3n) is 4.25. The molecule has 4 heteroatoms. The van der Waals surface area contributed by atoms with Gasteiger partial charge < -0.3 is 10.6 Å². The van der Waals surface area contributed by atoms with Gasteiger partial charge in [0.1, 0.15) is 0 Å². The molecule has 2 bridgehead atoms. The molecule has 2 unspecified atom stereocenters. The fourth-order valence-electron chi connectivity index (χ4n) is 3.28. The van der Waals surface area contributed by atoms with Gasteiger partial charge in [-0.05, 0) is 50.3 Å². The number of hydrogen-bond acceptors (Lipinski definition) is 2. The molecule has 1 amide bonds. The first-order chi connectivity index (χ1) is 9.11. The molecule has 102 valence electrons. The molecule has 3 nitrogen and oxygen atoms in total. The van der Waals surface area contributed by atoms with E-state index in [2.05, 4.69) is 26.6 Å². The van der Waals surface area contributed by atoms with Crippen LogP contribution in [-0.2, 0) is 0 Å². The Morgan fingerprint density at radius 3 is 2.68 bits per heavy atom. The Kier molecular flexibility index (Phi) is 3.63. The first kappa shape index (κ1) is 13.1. The molecule has 1 aromatic rings. The minimum Gasteiger partial charge on any atom is -0.349 e. The van der Waals surface area contributed by atoms with Crippen LogP contribution in [0.1, 0.15) is 41.6 Å². The number of rotatable bonds is 2. The molecule has 2 atom stereocenters. The summed E-state index contributed by atoms with van der Waals surface area (Å²) in [7, 11) is 0. The van der Waals surface area contributed by atoms with E-state index in [0.717, 1.165) is 28.4 Å². The lowest BCUT2D eigenvalue weighted by Gasteiger charge is -2.29. The lowest BCUT2D eigenvalue weighted by molar-refractivity contribution is 0.0923. The van der Waals surface area contributed by atoms with E-state index in [1.165, 1.54) is 12.8 Å². The maximum atomic E-state index is 12.4. The van der Waals surface area contributed by atoms with Crippen LogP contribution in [0.15, 0.2) is 22.7 Å². The van der Waals surface area contributed by atoms with Gasteiger partial charge in [0.25, 0.3) is 5.91 Å². The number of aryl methyl sites for hydroxylation is 1. The largest absolute Gasteiger partial charge is 0.349 e. The molecule has 0 aromatic heterocycles. The predicted molar refractivity (Wildman–Crippen MR) is 79.3 cm³/mol. The van der Waals surface area contributed by atoms with Crippen molar-refractivity contribution < 1.29 is 4.79 Å². The van der Waals surface area contributed by atoms with Gasteiger partial charge in [-0.25, -0.2) is 0 Å². The van der Waals surface area contributed by atoms with E-state index in [4.69, 9.17) is 0 Å². The van der Waals surface area contributed by atoms with E-state index in [0.29, 0.717) is 18.1 Å². The highest BCUT2D eigenvalue weighted by Gasteiger charge is 2.34. The third-order valence-corrected chi connectivity index (χ3v) is 4.75. The smallest absolute Gasteiger partial charge is 0.251 e.